The van der Waals surface area contributed by atoms with Crippen molar-refractivity contribution in [3.63, 3.8) is 0 Å². The molecule has 0 fully saturated rings. The Kier molecular flexibility index (Phi) is 4.58. The molecule has 3 heteroatoms. The van der Waals surface area contributed by atoms with Crippen LogP contribution in [0, 0.1) is 0 Å². The highest BCUT2D eigenvalue weighted by Gasteiger charge is 2.06. The normalized spacial score (nSPS) is 9.62. The molecule has 1 aromatic carbocycles. The van der Waals surface area contributed by atoms with Gasteiger partial charge in [0, 0.05) is 0 Å². The third-order valence-electron chi connectivity index (χ3n) is 1.85. The molecule has 1 aromatic rings. The summed E-state index contributed by atoms with van der Waals surface area (Å²) in [6.45, 7) is 8.25. The molecule has 1 rings (SSSR count). The van der Waals surface area contributed by atoms with E-state index in [4.69, 9.17) is 9.47 Å². The second-order valence-corrected chi connectivity index (χ2v) is 3.49. The van der Waals surface area contributed by atoms with Gasteiger partial charge in [-0.1, -0.05) is 6.58 Å². The summed E-state index contributed by atoms with van der Waals surface area (Å²) in [6.07, 6.45) is 0. The lowest BCUT2D eigenvalue weighted by Gasteiger charge is -2.05. The van der Waals surface area contributed by atoms with Crippen LogP contribution in [0.15, 0.2) is 36.4 Å². The van der Waals surface area contributed by atoms with Crippen molar-refractivity contribution in [2.24, 2.45) is 0 Å². The predicted molar refractivity (Wildman–Crippen MR) is 62.7 cm³/mol. The van der Waals surface area contributed by atoms with E-state index in [0.717, 1.165) is 11.3 Å². The monoisotopic (exact) mass is 220 g/mol. The summed E-state index contributed by atoms with van der Waals surface area (Å²) < 4.78 is 10.3. The van der Waals surface area contributed by atoms with E-state index in [0.29, 0.717) is 12.2 Å². The second kappa shape index (κ2) is 5.95. The third-order valence-corrected chi connectivity index (χ3v) is 1.85. The first kappa shape index (κ1) is 12.3. The maximum atomic E-state index is 11.5. The van der Waals surface area contributed by atoms with Crippen LogP contribution in [0.25, 0.3) is 0 Å². The third kappa shape index (κ3) is 3.77. The van der Waals surface area contributed by atoms with Gasteiger partial charge in [0.25, 0.3) is 0 Å². The van der Waals surface area contributed by atoms with E-state index in [1.54, 1.807) is 24.3 Å². The smallest absolute Gasteiger partial charge is 0.338 e. The standard InChI is InChI=1S/C13H16O3/c1-4-15-12-7-5-11(6-8-12)13(14)16-9-10(2)3/h5-8H,2,4,9H2,1,3H3. The van der Waals surface area contributed by atoms with E-state index >= 15 is 0 Å². The summed E-state index contributed by atoms with van der Waals surface area (Å²) in [7, 11) is 0. The molecule has 0 aliphatic carbocycles. The van der Waals surface area contributed by atoms with Gasteiger partial charge in [-0.25, -0.2) is 4.79 Å². The SMILES string of the molecule is C=C(C)COC(=O)c1ccc(OCC)cc1. The fourth-order valence-electron chi connectivity index (χ4n) is 1.13. The lowest BCUT2D eigenvalue weighted by Crippen LogP contribution is -2.06. The second-order valence-electron chi connectivity index (χ2n) is 3.49. The molecule has 0 aromatic heterocycles. The highest BCUT2D eigenvalue weighted by atomic mass is 16.5. The van der Waals surface area contributed by atoms with Gasteiger partial charge < -0.3 is 9.47 Å². The van der Waals surface area contributed by atoms with Gasteiger partial charge in [-0.2, -0.15) is 0 Å². The van der Waals surface area contributed by atoms with Crippen LogP contribution >= 0.6 is 0 Å². The molecule has 0 heterocycles. The van der Waals surface area contributed by atoms with Crippen molar-refractivity contribution >= 4 is 5.97 Å². The molecule has 0 spiro atoms. The zero-order valence-corrected chi connectivity index (χ0v) is 9.66. The molecule has 3 nitrogen and oxygen atoms in total. The van der Waals surface area contributed by atoms with Crippen molar-refractivity contribution in [2.45, 2.75) is 13.8 Å². The maximum Gasteiger partial charge on any atom is 0.338 e. The van der Waals surface area contributed by atoms with Crippen LogP contribution in [-0.2, 0) is 4.74 Å². The van der Waals surface area contributed by atoms with Crippen molar-refractivity contribution in [2.75, 3.05) is 13.2 Å². The Hall–Kier alpha value is -1.77. The van der Waals surface area contributed by atoms with Crippen molar-refractivity contribution in [1.29, 1.82) is 0 Å². The number of rotatable bonds is 5. The molecule has 0 bridgehead atoms. The van der Waals surface area contributed by atoms with Gasteiger partial charge in [0.1, 0.15) is 12.4 Å². The number of carbonyl (C=O) groups is 1. The fourth-order valence-corrected chi connectivity index (χ4v) is 1.13. The molecule has 0 saturated heterocycles. The first-order chi connectivity index (χ1) is 7.63. The van der Waals surface area contributed by atoms with E-state index < -0.39 is 0 Å². The average molecular weight is 220 g/mol. The zero-order chi connectivity index (χ0) is 12.0. The van der Waals surface area contributed by atoms with Gasteiger partial charge in [-0.05, 0) is 43.7 Å². The van der Waals surface area contributed by atoms with Gasteiger partial charge in [0.15, 0.2) is 0 Å². The minimum absolute atomic E-state index is 0.256. The number of hydrogen-bond donors (Lipinski definition) is 0. The number of carbonyl (C=O) groups excluding carboxylic acids is 1. The quantitative estimate of drug-likeness (QED) is 0.565. The first-order valence-corrected chi connectivity index (χ1v) is 5.18. The molecule has 0 N–H and O–H groups in total. The van der Waals surface area contributed by atoms with Crippen molar-refractivity contribution < 1.29 is 14.3 Å². The molecule has 0 atom stereocenters. The van der Waals surface area contributed by atoms with Gasteiger partial charge in [-0.15, -0.1) is 0 Å². The van der Waals surface area contributed by atoms with Crippen LogP contribution in [0.2, 0.25) is 0 Å². The largest absolute Gasteiger partial charge is 0.494 e. The highest BCUT2D eigenvalue weighted by molar-refractivity contribution is 5.89. The zero-order valence-electron chi connectivity index (χ0n) is 9.66. The van der Waals surface area contributed by atoms with Crippen molar-refractivity contribution in [3.8, 4) is 5.75 Å². The summed E-state index contributed by atoms with van der Waals surface area (Å²) in [5.74, 6) is 0.407. The van der Waals surface area contributed by atoms with Gasteiger partial charge in [0.05, 0.1) is 12.2 Å². The summed E-state index contributed by atoms with van der Waals surface area (Å²) >= 11 is 0. The molecule has 0 amide bonds. The van der Waals surface area contributed by atoms with E-state index in [1.165, 1.54) is 0 Å². The number of benzene rings is 1. The number of esters is 1. The Balaban J connectivity index is 2.59. The van der Waals surface area contributed by atoms with Crippen LogP contribution in [0.5, 0.6) is 5.75 Å². The molecule has 0 saturated carbocycles. The van der Waals surface area contributed by atoms with E-state index in [1.807, 2.05) is 13.8 Å². The van der Waals surface area contributed by atoms with Crippen LogP contribution in [-0.4, -0.2) is 19.2 Å². The summed E-state index contributed by atoms with van der Waals surface area (Å²) in [5, 5.41) is 0. The molecule has 0 radical (unpaired) electrons. The Morgan fingerprint density at radius 3 is 2.44 bits per heavy atom. The van der Waals surface area contributed by atoms with Crippen LogP contribution in [0.1, 0.15) is 24.2 Å². The maximum absolute atomic E-state index is 11.5. The Labute approximate surface area is 95.7 Å². The fraction of sp³-hybridized carbons (Fsp3) is 0.308. The lowest BCUT2D eigenvalue weighted by molar-refractivity contribution is 0.0540. The molecule has 86 valence electrons. The molecular weight excluding hydrogens is 204 g/mol. The number of ether oxygens (including phenoxy) is 2. The molecule has 16 heavy (non-hydrogen) atoms. The van der Waals surface area contributed by atoms with Crippen LogP contribution in [0.4, 0.5) is 0 Å². The first-order valence-electron chi connectivity index (χ1n) is 5.18. The molecule has 0 aliphatic rings. The van der Waals surface area contributed by atoms with Crippen molar-refractivity contribution in [3.05, 3.63) is 42.0 Å². The topological polar surface area (TPSA) is 35.5 Å². The highest BCUT2D eigenvalue weighted by Crippen LogP contribution is 2.12. The summed E-state index contributed by atoms with van der Waals surface area (Å²) in [6, 6.07) is 6.87. The number of hydrogen-bond acceptors (Lipinski definition) is 3. The van der Waals surface area contributed by atoms with E-state index in [2.05, 4.69) is 6.58 Å². The van der Waals surface area contributed by atoms with Gasteiger partial charge >= 0.3 is 5.97 Å². The predicted octanol–water partition coefficient (Wildman–Crippen LogP) is 2.82. The van der Waals surface area contributed by atoms with Crippen molar-refractivity contribution in [1.82, 2.24) is 0 Å². The van der Waals surface area contributed by atoms with E-state index in [-0.39, 0.29) is 12.6 Å². The molecule has 0 unspecified atom stereocenters. The summed E-state index contributed by atoms with van der Waals surface area (Å²) in [5.41, 5.74) is 1.34. The Morgan fingerprint density at radius 2 is 1.94 bits per heavy atom. The Bertz CT molecular complexity index is 365. The van der Waals surface area contributed by atoms with Crippen LogP contribution < -0.4 is 4.74 Å². The lowest BCUT2D eigenvalue weighted by atomic mass is 10.2. The van der Waals surface area contributed by atoms with E-state index in [9.17, 15) is 4.79 Å². The van der Waals surface area contributed by atoms with Gasteiger partial charge in [0.2, 0.25) is 0 Å². The minimum Gasteiger partial charge on any atom is -0.494 e. The summed E-state index contributed by atoms with van der Waals surface area (Å²) in [4.78, 5) is 11.5. The minimum atomic E-state index is -0.342. The average Bonchev–Trinajstić information content (AvgIpc) is 2.27. The molecule has 0 aliphatic heterocycles. The molecular formula is C13H16O3. The Morgan fingerprint density at radius 1 is 1.31 bits per heavy atom. The van der Waals surface area contributed by atoms with Crippen LogP contribution in [0.3, 0.4) is 0 Å². The van der Waals surface area contributed by atoms with Gasteiger partial charge in [-0.3, -0.25) is 0 Å².